The normalized spacial score (nSPS) is 18.2. The zero-order chi connectivity index (χ0) is 17.6. The van der Waals surface area contributed by atoms with Crippen LogP contribution >= 0.6 is 0 Å². The lowest BCUT2D eigenvalue weighted by Crippen LogP contribution is -2.45. The number of hydrogen-bond acceptors (Lipinski definition) is 6. The van der Waals surface area contributed by atoms with Crippen molar-refractivity contribution in [3.05, 3.63) is 46.3 Å². The van der Waals surface area contributed by atoms with E-state index in [-0.39, 0.29) is 5.56 Å². The van der Waals surface area contributed by atoms with E-state index in [0.29, 0.717) is 12.6 Å². The molecule has 1 N–H and O–H groups in total. The first-order valence-corrected chi connectivity index (χ1v) is 8.93. The fourth-order valence-electron chi connectivity index (χ4n) is 3.23. The minimum atomic E-state index is -0.0350. The number of rotatable bonds is 6. The van der Waals surface area contributed by atoms with Gasteiger partial charge in [-0.05, 0) is 39.3 Å². The molecule has 3 rings (SSSR count). The van der Waals surface area contributed by atoms with Crippen molar-refractivity contribution in [3.63, 3.8) is 0 Å². The van der Waals surface area contributed by atoms with Crippen LogP contribution in [0.5, 0.6) is 0 Å². The maximum Gasteiger partial charge on any atom is 0.266 e. The standard InChI is InChI=1S/C18H26N6O/c1-14-6-7-18(25)24(22-14)10-9-23-8-4-3-5-16(23)12-21-17-13-19-15(2)11-20-17/h6-7,11,13,16H,3-5,8-10,12H2,1-2H3,(H,20,21). The fraction of sp³-hybridized carbons (Fsp3) is 0.556. The zero-order valence-corrected chi connectivity index (χ0v) is 15.0. The van der Waals surface area contributed by atoms with E-state index >= 15 is 0 Å². The number of hydrogen-bond donors (Lipinski definition) is 1. The predicted octanol–water partition coefficient (Wildman–Crippen LogP) is 1.62. The van der Waals surface area contributed by atoms with Gasteiger partial charge in [-0.3, -0.25) is 14.7 Å². The van der Waals surface area contributed by atoms with Crippen LogP contribution in [0.4, 0.5) is 5.82 Å². The van der Waals surface area contributed by atoms with Crippen LogP contribution in [0.25, 0.3) is 0 Å². The van der Waals surface area contributed by atoms with Gasteiger partial charge in [-0.1, -0.05) is 6.42 Å². The number of likely N-dealkylation sites (tertiary alicyclic amines) is 1. The largest absolute Gasteiger partial charge is 0.367 e. The van der Waals surface area contributed by atoms with Crippen LogP contribution in [0, 0.1) is 13.8 Å². The van der Waals surface area contributed by atoms with Crippen molar-refractivity contribution in [2.24, 2.45) is 0 Å². The van der Waals surface area contributed by atoms with Crippen LogP contribution in [0.1, 0.15) is 30.7 Å². The molecule has 0 bridgehead atoms. The average molecular weight is 342 g/mol. The molecule has 0 spiro atoms. The van der Waals surface area contributed by atoms with Gasteiger partial charge in [0.05, 0.1) is 30.3 Å². The highest BCUT2D eigenvalue weighted by Gasteiger charge is 2.22. The van der Waals surface area contributed by atoms with E-state index in [1.54, 1.807) is 29.2 Å². The second-order valence-electron chi connectivity index (χ2n) is 6.65. The third kappa shape index (κ3) is 4.85. The van der Waals surface area contributed by atoms with Crippen molar-refractivity contribution < 1.29 is 0 Å². The van der Waals surface area contributed by atoms with Crippen molar-refractivity contribution in [1.29, 1.82) is 0 Å². The summed E-state index contributed by atoms with van der Waals surface area (Å²) in [4.78, 5) is 23.0. The summed E-state index contributed by atoms with van der Waals surface area (Å²) in [5, 5.41) is 7.72. The zero-order valence-electron chi connectivity index (χ0n) is 15.0. The maximum absolute atomic E-state index is 11.9. The Labute approximate surface area is 148 Å². The number of aromatic nitrogens is 4. The van der Waals surface area contributed by atoms with Gasteiger partial charge in [0.1, 0.15) is 5.82 Å². The van der Waals surface area contributed by atoms with Crippen molar-refractivity contribution in [3.8, 4) is 0 Å². The van der Waals surface area contributed by atoms with E-state index in [4.69, 9.17) is 0 Å². The Hall–Kier alpha value is -2.28. The summed E-state index contributed by atoms with van der Waals surface area (Å²) < 4.78 is 1.57. The molecule has 0 radical (unpaired) electrons. The highest BCUT2D eigenvalue weighted by atomic mass is 16.1. The lowest BCUT2D eigenvalue weighted by Gasteiger charge is -2.35. The Morgan fingerprint density at radius 1 is 1.12 bits per heavy atom. The second kappa shape index (κ2) is 8.20. The summed E-state index contributed by atoms with van der Waals surface area (Å²) in [6, 6.07) is 3.79. The molecule has 0 amide bonds. The molecule has 1 aliphatic rings. The number of nitrogens with zero attached hydrogens (tertiary/aromatic N) is 5. The Morgan fingerprint density at radius 3 is 2.80 bits per heavy atom. The minimum absolute atomic E-state index is 0.0350. The molecule has 1 unspecified atom stereocenters. The molecule has 0 aliphatic carbocycles. The predicted molar refractivity (Wildman–Crippen MR) is 97.7 cm³/mol. The lowest BCUT2D eigenvalue weighted by molar-refractivity contribution is 0.148. The van der Waals surface area contributed by atoms with Crippen LogP contribution in [-0.4, -0.2) is 50.3 Å². The van der Waals surface area contributed by atoms with Gasteiger partial charge in [-0.15, -0.1) is 0 Å². The van der Waals surface area contributed by atoms with Crippen LogP contribution in [0.2, 0.25) is 0 Å². The Balaban J connectivity index is 1.57. The number of nitrogens with one attached hydrogen (secondary N) is 1. The third-order valence-corrected chi connectivity index (χ3v) is 4.65. The quantitative estimate of drug-likeness (QED) is 0.860. The Morgan fingerprint density at radius 2 is 2.00 bits per heavy atom. The molecule has 7 nitrogen and oxygen atoms in total. The summed E-state index contributed by atoms with van der Waals surface area (Å²) in [7, 11) is 0. The van der Waals surface area contributed by atoms with Crippen molar-refractivity contribution >= 4 is 5.82 Å². The third-order valence-electron chi connectivity index (χ3n) is 4.65. The molecule has 1 fully saturated rings. The first kappa shape index (κ1) is 17.5. The number of aryl methyl sites for hydroxylation is 2. The topological polar surface area (TPSA) is 75.9 Å². The first-order chi connectivity index (χ1) is 12.1. The van der Waals surface area contributed by atoms with Gasteiger partial charge in [0.15, 0.2) is 0 Å². The van der Waals surface area contributed by atoms with E-state index in [1.165, 1.54) is 12.8 Å². The summed E-state index contributed by atoms with van der Waals surface area (Å²) in [6.45, 7) is 7.21. The molecule has 3 heterocycles. The maximum atomic E-state index is 11.9. The summed E-state index contributed by atoms with van der Waals surface area (Å²) >= 11 is 0. The Kier molecular flexibility index (Phi) is 5.75. The van der Waals surface area contributed by atoms with Gasteiger partial charge in [-0.25, -0.2) is 9.67 Å². The molecule has 1 atom stereocenters. The summed E-state index contributed by atoms with van der Waals surface area (Å²) in [6.07, 6.45) is 7.15. The minimum Gasteiger partial charge on any atom is -0.367 e. The van der Waals surface area contributed by atoms with Gasteiger partial charge >= 0.3 is 0 Å². The van der Waals surface area contributed by atoms with Gasteiger partial charge in [-0.2, -0.15) is 5.10 Å². The monoisotopic (exact) mass is 342 g/mol. The number of piperidine rings is 1. The van der Waals surface area contributed by atoms with E-state index in [1.807, 2.05) is 13.8 Å². The van der Waals surface area contributed by atoms with Crippen LogP contribution < -0.4 is 10.9 Å². The molecule has 0 saturated carbocycles. The molecule has 7 heteroatoms. The first-order valence-electron chi connectivity index (χ1n) is 8.93. The molecule has 134 valence electrons. The average Bonchev–Trinajstić information content (AvgIpc) is 2.63. The molecular weight excluding hydrogens is 316 g/mol. The smallest absolute Gasteiger partial charge is 0.266 e. The van der Waals surface area contributed by atoms with E-state index in [9.17, 15) is 4.79 Å². The van der Waals surface area contributed by atoms with Crippen molar-refractivity contribution in [1.82, 2.24) is 24.6 Å². The molecule has 1 aliphatic heterocycles. The van der Waals surface area contributed by atoms with Crippen molar-refractivity contribution in [2.75, 3.05) is 25.0 Å². The fourth-order valence-corrected chi connectivity index (χ4v) is 3.23. The molecule has 0 aromatic carbocycles. The molecule has 2 aromatic heterocycles. The number of anilines is 1. The molecule has 2 aromatic rings. The van der Waals surface area contributed by atoms with E-state index in [0.717, 1.165) is 43.3 Å². The molecule has 25 heavy (non-hydrogen) atoms. The van der Waals surface area contributed by atoms with Gasteiger partial charge in [0.2, 0.25) is 0 Å². The van der Waals surface area contributed by atoms with E-state index in [2.05, 4.69) is 25.3 Å². The van der Waals surface area contributed by atoms with Gasteiger partial charge in [0.25, 0.3) is 5.56 Å². The van der Waals surface area contributed by atoms with Gasteiger partial charge in [0, 0.05) is 25.2 Å². The van der Waals surface area contributed by atoms with Crippen LogP contribution in [0.15, 0.2) is 29.3 Å². The highest BCUT2D eigenvalue weighted by Crippen LogP contribution is 2.17. The lowest BCUT2D eigenvalue weighted by atomic mass is 10.0. The highest BCUT2D eigenvalue weighted by molar-refractivity contribution is 5.31. The second-order valence-corrected chi connectivity index (χ2v) is 6.65. The molecule has 1 saturated heterocycles. The van der Waals surface area contributed by atoms with Crippen LogP contribution in [0.3, 0.4) is 0 Å². The SMILES string of the molecule is Cc1cnc(NCC2CCCCN2CCn2nc(C)ccc2=O)cn1. The molecular formula is C18H26N6O. The van der Waals surface area contributed by atoms with Gasteiger partial charge < -0.3 is 5.32 Å². The van der Waals surface area contributed by atoms with E-state index < -0.39 is 0 Å². The summed E-state index contributed by atoms with van der Waals surface area (Å²) in [5.41, 5.74) is 1.75. The van der Waals surface area contributed by atoms with Crippen molar-refractivity contribution in [2.45, 2.75) is 45.7 Å². The van der Waals surface area contributed by atoms with Crippen LogP contribution in [-0.2, 0) is 6.54 Å². The Bertz CT molecular complexity index is 742. The summed E-state index contributed by atoms with van der Waals surface area (Å²) in [5.74, 6) is 0.813.